The van der Waals surface area contributed by atoms with Gasteiger partial charge in [0, 0.05) is 12.4 Å². The van der Waals surface area contributed by atoms with Crippen molar-refractivity contribution in [3.63, 3.8) is 0 Å². The molecule has 2 nitrogen and oxygen atoms in total. The monoisotopic (exact) mass is 743 g/mol. The Morgan fingerprint density at radius 1 is 0.420 bits per heavy atom. The molecule has 6 rings (SSSR count). The molecular weight excluding hydrogens is 694 g/mol. The first-order valence-electron chi connectivity index (χ1n) is 17.5. The van der Waals surface area contributed by atoms with E-state index in [4.69, 9.17) is 0 Å². The van der Waals surface area contributed by atoms with Crippen LogP contribution in [0.1, 0.15) is 101 Å². The number of hydrogen-bond donors (Lipinski definition) is 0. The Balaban J connectivity index is 0.000000230. The summed E-state index contributed by atoms with van der Waals surface area (Å²) in [7, 11) is 3.82. The van der Waals surface area contributed by atoms with Crippen LogP contribution < -0.4 is 25.7 Å². The molecule has 5 aromatic carbocycles. The van der Waals surface area contributed by atoms with Gasteiger partial charge in [-0.3, -0.25) is 0 Å². The molecule has 0 saturated carbocycles. The molecule has 5 aromatic rings. The fraction of sp³-hybridized carbons (Fsp3) is 0.267. The summed E-state index contributed by atoms with van der Waals surface area (Å²) in [6.45, 7) is 21.8. The average molecular weight is 745 g/mol. The molecule has 0 aromatic heterocycles. The Bertz CT molecular complexity index is 1550. The van der Waals surface area contributed by atoms with Crippen LogP contribution in [-0.4, -0.2) is 0 Å². The maximum atomic E-state index is 4.26. The van der Waals surface area contributed by atoms with E-state index in [1.54, 1.807) is 0 Å². The number of para-hydroxylation sites is 2. The van der Waals surface area contributed by atoms with Crippen molar-refractivity contribution >= 4 is 45.4 Å². The third kappa shape index (κ3) is 9.70. The van der Waals surface area contributed by atoms with Crippen LogP contribution in [0.3, 0.4) is 0 Å². The minimum Gasteiger partial charge on any atom is -0.0622 e. The number of nitrogens with zero attached hydrogens (tertiary/aromatic N) is 2. The largest absolute Gasteiger partial charge is 0.0622 e. The summed E-state index contributed by atoms with van der Waals surface area (Å²) in [4.78, 5) is 4.40. The van der Waals surface area contributed by atoms with Crippen LogP contribution in [0.5, 0.6) is 0 Å². The molecule has 50 heavy (non-hydrogen) atoms. The second kappa shape index (κ2) is 19.3. The molecule has 263 valence electrons. The van der Waals surface area contributed by atoms with Gasteiger partial charge in [-0.25, -0.2) is 0 Å². The van der Waals surface area contributed by atoms with E-state index in [0.29, 0.717) is 23.7 Å². The van der Waals surface area contributed by atoms with Gasteiger partial charge >= 0.3 is 24.8 Å². The molecule has 0 amide bonds. The fourth-order valence-electron chi connectivity index (χ4n) is 6.32. The van der Waals surface area contributed by atoms with Crippen molar-refractivity contribution in [2.24, 2.45) is 0 Å². The molecule has 0 bridgehead atoms. The van der Waals surface area contributed by atoms with Gasteiger partial charge in [0.15, 0.2) is 0 Å². The number of anilines is 2. The Labute approximate surface area is 316 Å². The molecule has 0 unspecified atom stereocenters. The molecule has 0 saturated heterocycles. The SMILES string of the molecule is CC(C)c1cccc(C(C)C)c1N1[C]N(c2c(C(C)C)cccc2C(C)C)C=C1.[Cl][Ni].c1ccc(P(c2ccccc2)c2ccccc2)cc1. The van der Waals surface area contributed by atoms with Crippen LogP contribution in [0.15, 0.2) is 140 Å². The zero-order valence-corrected chi connectivity index (χ0v) is 33.3. The molecule has 0 spiro atoms. The van der Waals surface area contributed by atoms with Gasteiger partial charge in [0.05, 0.1) is 11.4 Å². The van der Waals surface area contributed by atoms with E-state index in [1.165, 1.54) is 49.5 Å². The molecular formula is C45H51ClN2NiP. The second-order valence-corrected chi connectivity index (χ2v) is 15.9. The van der Waals surface area contributed by atoms with Gasteiger partial charge in [0.25, 0.3) is 0 Å². The van der Waals surface area contributed by atoms with Gasteiger partial charge in [0.2, 0.25) is 6.67 Å². The normalized spacial score (nSPS) is 12.5. The van der Waals surface area contributed by atoms with E-state index >= 15 is 0 Å². The standard InChI is InChI=1S/C27H36N2.C18H15P.ClH.Ni/c1-18(2)22-11-9-12-23(19(3)4)26(22)28-15-16-29(17-28)27-24(20(5)6)13-10-14-25(27)21(7)8;1-4-10-16(11-5-1)19(17-12-6-2-7-13-17)18-14-8-3-9-15-18;;/h9-16,18-21H,1-8H3;1-15H;1H;/q;;;+1/p-1. The van der Waals surface area contributed by atoms with Gasteiger partial charge in [-0.2, -0.15) is 0 Å². The van der Waals surface area contributed by atoms with E-state index in [9.17, 15) is 0 Å². The van der Waals surface area contributed by atoms with Crippen LogP contribution in [-0.2, 0) is 14.6 Å². The Kier molecular flexibility index (Phi) is 15.2. The number of rotatable bonds is 9. The predicted octanol–water partition coefficient (Wildman–Crippen LogP) is 12.1. The summed E-state index contributed by atoms with van der Waals surface area (Å²) in [5.41, 5.74) is 8.05. The fourth-order valence-corrected chi connectivity index (χ4v) is 8.63. The average Bonchev–Trinajstić information content (AvgIpc) is 3.63. The van der Waals surface area contributed by atoms with Gasteiger partial charge < -0.3 is 9.80 Å². The Morgan fingerprint density at radius 2 is 0.680 bits per heavy atom. The van der Waals surface area contributed by atoms with Crippen LogP contribution in [0.4, 0.5) is 11.4 Å². The number of halogens is 1. The van der Waals surface area contributed by atoms with Crippen molar-refractivity contribution < 1.29 is 14.6 Å². The quantitative estimate of drug-likeness (QED) is 0.110. The van der Waals surface area contributed by atoms with Crippen molar-refractivity contribution in [3.05, 3.63) is 169 Å². The Morgan fingerprint density at radius 3 is 0.920 bits per heavy atom. The molecule has 0 N–H and O–H groups in total. The third-order valence-electron chi connectivity index (χ3n) is 8.79. The van der Waals surface area contributed by atoms with Crippen molar-refractivity contribution in [1.29, 1.82) is 0 Å². The van der Waals surface area contributed by atoms with E-state index in [-0.39, 0.29) is 0 Å². The zero-order chi connectivity index (χ0) is 36.2. The van der Waals surface area contributed by atoms with E-state index < -0.39 is 7.92 Å². The maximum Gasteiger partial charge on any atom is -0.0134 e. The minimum atomic E-state index is -0.446. The molecule has 0 fully saturated rings. The van der Waals surface area contributed by atoms with Crippen molar-refractivity contribution in [2.45, 2.75) is 79.1 Å². The molecule has 1 aliphatic heterocycles. The van der Waals surface area contributed by atoms with Crippen molar-refractivity contribution in [3.8, 4) is 0 Å². The number of hydrogen-bond acceptors (Lipinski definition) is 2. The summed E-state index contributed by atoms with van der Waals surface area (Å²) in [6.07, 6.45) is 4.32. The molecule has 1 aliphatic rings. The predicted molar refractivity (Wildman–Crippen MR) is 218 cm³/mol. The number of benzene rings is 5. The third-order valence-corrected chi connectivity index (χ3v) is 11.2. The molecule has 5 heteroatoms. The van der Waals surface area contributed by atoms with E-state index in [0.717, 1.165) is 0 Å². The Hall–Kier alpha value is -3.35. The van der Waals surface area contributed by atoms with E-state index in [1.807, 2.05) is 0 Å². The van der Waals surface area contributed by atoms with Crippen LogP contribution in [0.25, 0.3) is 0 Å². The summed E-state index contributed by atoms with van der Waals surface area (Å²) >= 11 is 3.35. The van der Waals surface area contributed by atoms with Gasteiger partial charge in [-0.05, 0) is 69.8 Å². The molecule has 0 atom stereocenters. The molecule has 2 radical (unpaired) electrons. The zero-order valence-electron chi connectivity index (χ0n) is 30.6. The smallest absolute Gasteiger partial charge is 0.0134 e. The first-order chi connectivity index (χ1) is 24.2. The van der Waals surface area contributed by atoms with E-state index in [2.05, 4.69) is 236 Å². The summed E-state index contributed by atoms with van der Waals surface area (Å²) in [6, 6.07) is 45.7. The minimum absolute atomic E-state index is 0.446. The van der Waals surface area contributed by atoms with Crippen LogP contribution >= 0.6 is 18.1 Å². The molecule has 0 aliphatic carbocycles. The van der Waals surface area contributed by atoms with Crippen LogP contribution in [0.2, 0.25) is 0 Å². The van der Waals surface area contributed by atoms with Gasteiger partial charge in [-0.15, -0.1) is 0 Å². The second-order valence-electron chi connectivity index (χ2n) is 13.7. The van der Waals surface area contributed by atoms with Gasteiger partial charge in [0.1, 0.15) is 0 Å². The van der Waals surface area contributed by atoms with Crippen LogP contribution in [0, 0.1) is 6.67 Å². The topological polar surface area (TPSA) is 6.48 Å². The summed E-state index contributed by atoms with van der Waals surface area (Å²) < 4.78 is 0. The van der Waals surface area contributed by atoms with Crippen molar-refractivity contribution in [2.75, 3.05) is 9.80 Å². The molecule has 1 heterocycles. The van der Waals surface area contributed by atoms with Gasteiger partial charge in [-0.1, -0.05) is 183 Å². The maximum absolute atomic E-state index is 4.26. The first kappa shape index (κ1) is 39.4. The first-order valence-corrected chi connectivity index (χ1v) is 20.2. The van der Waals surface area contributed by atoms with Crippen molar-refractivity contribution in [1.82, 2.24) is 0 Å². The summed E-state index contributed by atoms with van der Waals surface area (Å²) in [5.74, 6) is 1.84. The summed E-state index contributed by atoms with van der Waals surface area (Å²) in [5, 5.41) is 4.19.